The molecule has 42 heteroatoms. The summed E-state index contributed by atoms with van der Waals surface area (Å²) in [5.74, 6) is 6.82. The molecule has 0 radical (unpaired) electrons. The fourth-order valence-electron chi connectivity index (χ4n) is 13.1. The van der Waals surface area contributed by atoms with Crippen molar-refractivity contribution in [1.82, 2.24) is 140 Å². The Morgan fingerprint density at radius 2 is 0.440 bits per heavy atom. The van der Waals surface area contributed by atoms with Crippen LogP contribution in [0.5, 0.6) is 0 Å². The van der Waals surface area contributed by atoms with Crippen molar-refractivity contribution in [3.8, 4) is 0 Å². The first-order chi connectivity index (χ1) is 58.0. The van der Waals surface area contributed by atoms with E-state index in [1.807, 2.05) is 0 Å². The van der Waals surface area contributed by atoms with Gasteiger partial charge in [0.15, 0.2) is 80.3 Å². The second-order valence-electron chi connectivity index (χ2n) is 39.1. The molecule has 0 aliphatic heterocycles. The fraction of sp³-hybridized carbons (Fsp3) is 0.578. The summed E-state index contributed by atoms with van der Waals surface area (Å²) in [5, 5.41) is 24.5. The van der Waals surface area contributed by atoms with Crippen molar-refractivity contribution >= 4 is 177 Å². The summed E-state index contributed by atoms with van der Waals surface area (Å²) in [6, 6.07) is 1.90. The number of aromatic nitrogens is 28. The molecule has 0 spiro atoms. The molecule has 0 fully saturated rings. The number of aromatic amines is 7. The van der Waals surface area contributed by atoms with E-state index in [1.165, 1.54) is 0 Å². The smallest absolute Gasteiger partial charge is 0.226 e. The molecule has 0 bridgehead atoms. The molecule has 0 aliphatic rings. The minimum atomic E-state index is 0.109. The number of H-pyrrole nitrogens is 7. The monoisotopic (exact) mass is 1780 g/mol. The summed E-state index contributed by atoms with van der Waals surface area (Å²) in [7, 11) is 0. The highest BCUT2D eigenvalue weighted by molar-refractivity contribution is 6.29. The normalized spacial score (nSPS) is 13.9. The molecule has 125 heavy (non-hydrogen) atoms. The van der Waals surface area contributed by atoms with Gasteiger partial charge in [0.1, 0.15) is 38.6 Å². The van der Waals surface area contributed by atoms with Crippen LogP contribution in [0.2, 0.25) is 15.9 Å². The number of hydrogen-bond donors (Lipinski definition) is 18. The van der Waals surface area contributed by atoms with Gasteiger partial charge < -0.3 is 95.0 Å². The molecule has 14 rings (SSSR count). The van der Waals surface area contributed by atoms with Gasteiger partial charge in [0.05, 0.1) is 44.3 Å². The number of anilines is 11. The summed E-state index contributed by atoms with van der Waals surface area (Å²) < 4.78 is 0. The van der Waals surface area contributed by atoms with E-state index < -0.39 is 0 Å². The van der Waals surface area contributed by atoms with Crippen molar-refractivity contribution in [1.29, 1.82) is 0 Å². The largest absolute Gasteiger partial charge is 0.368 e. The molecule has 14 aromatic rings. The molecule has 0 amide bonds. The molecule has 0 aliphatic carbocycles. The van der Waals surface area contributed by atoms with Crippen LogP contribution in [-0.2, 0) is 0 Å². The Kier molecular flexibility index (Phi) is 32.2. The van der Waals surface area contributed by atoms with Crippen LogP contribution in [0.1, 0.15) is 221 Å². The maximum absolute atomic E-state index is 5.94. The summed E-state index contributed by atoms with van der Waals surface area (Å²) in [6.45, 7) is 65.3. The van der Waals surface area contributed by atoms with Crippen LogP contribution < -0.4 is 60.2 Å². The topological polar surface area (TPSA) is 570 Å². The van der Waals surface area contributed by atoms with E-state index in [4.69, 9.17) is 57.7 Å². The first-order valence-electron chi connectivity index (χ1n) is 41.9. The highest BCUT2D eigenvalue weighted by Crippen LogP contribution is 2.36. The van der Waals surface area contributed by atoms with E-state index in [2.05, 4.69) is 384 Å². The number of nitrogen functional groups attached to an aromatic ring is 4. The molecule has 39 nitrogen and oxygen atoms in total. The van der Waals surface area contributed by atoms with Crippen LogP contribution in [0.4, 0.5) is 64.5 Å². The van der Waals surface area contributed by atoms with E-state index in [9.17, 15) is 0 Å². The molecular weight excluding hydrogens is 1650 g/mol. The number of nitrogens with one attached hydrogen (secondary N) is 14. The number of halogens is 3. The van der Waals surface area contributed by atoms with Gasteiger partial charge in [0, 0.05) is 42.3 Å². The molecule has 14 aromatic heterocycles. The Hall–Kier alpha value is -11.5. The van der Waals surface area contributed by atoms with E-state index in [-0.39, 0.29) is 108 Å². The number of nitrogens with two attached hydrogens (primary N) is 4. The van der Waals surface area contributed by atoms with Crippen molar-refractivity contribution in [2.75, 3.05) is 60.2 Å². The zero-order valence-corrected chi connectivity index (χ0v) is 80.3. The van der Waals surface area contributed by atoms with Crippen molar-refractivity contribution in [3.63, 3.8) is 0 Å². The zero-order valence-electron chi connectivity index (χ0n) is 78.0. The second kappa shape index (κ2) is 40.7. The molecule has 7 atom stereocenters. The number of rotatable bonds is 18. The minimum absolute atomic E-state index is 0.109. The zero-order chi connectivity index (χ0) is 93.0. The van der Waals surface area contributed by atoms with Crippen molar-refractivity contribution in [3.05, 3.63) is 60.1 Å². The number of imidazole rings is 7. The van der Waals surface area contributed by atoms with Gasteiger partial charge in [-0.05, 0) is 118 Å². The van der Waals surface area contributed by atoms with Crippen molar-refractivity contribution in [2.24, 2.45) is 49.7 Å². The van der Waals surface area contributed by atoms with Crippen LogP contribution in [0.15, 0.2) is 44.3 Å². The first kappa shape index (κ1) is 98.9. The Morgan fingerprint density at radius 3 is 0.632 bits per heavy atom. The Balaban J connectivity index is 0.000000181. The molecule has 14 heterocycles. The van der Waals surface area contributed by atoms with Gasteiger partial charge in [-0.25, -0.2) is 34.9 Å². The Labute approximate surface area is 745 Å². The fourth-order valence-corrected chi connectivity index (χ4v) is 13.6. The third-order valence-electron chi connectivity index (χ3n) is 21.3. The van der Waals surface area contributed by atoms with E-state index >= 15 is 0 Å². The number of fused-ring (bicyclic) bond motifs is 7. The van der Waals surface area contributed by atoms with Gasteiger partial charge in [0.2, 0.25) is 39.6 Å². The molecular formula is C83H132Cl3N39. The highest BCUT2D eigenvalue weighted by Gasteiger charge is 2.33. The maximum Gasteiger partial charge on any atom is 0.226 e. The lowest BCUT2D eigenvalue weighted by Crippen LogP contribution is -2.38. The molecule has 0 aromatic carbocycles. The predicted molar refractivity (Wildman–Crippen MR) is 510 cm³/mol. The van der Waals surface area contributed by atoms with Gasteiger partial charge in [-0.1, -0.05) is 187 Å². The lowest BCUT2D eigenvalue weighted by molar-refractivity contribution is 0.280. The average Bonchev–Trinajstić information content (AvgIpc) is 0.982. The summed E-state index contributed by atoms with van der Waals surface area (Å²) >= 11 is 17.7. The Morgan fingerprint density at radius 1 is 0.256 bits per heavy atom. The van der Waals surface area contributed by atoms with Crippen molar-refractivity contribution < 1.29 is 0 Å². The summed E-state index contributed by atoms with van der Waals surface area (Å²) in [4.78, 5) is 108. The van der Waals surface area contributed by atoms with Crippen LogP contribution >= 0.6 is 34.8 Å². The van der Waals surface area contributed by atoms with Gasteiger partial charge in [-0.2, -0.15) is 69.8 Å². The Bertz CT molecular complexity index is 5330. The van der Waals surface area contributed by atoms with E-state index in [0.29, 0.717) is 98.4 Å². The lowest BCUT2D eigenvalue weighted by Gasteiger charge is -2.35. The van der Waals surface area contributed by atoms with Crippen LogP contribution in [0.25, 0.3) is 78.1 Å². The van der Waals surface area contributed by atoms with E-state index in [1.54, 1.807) is 44.3 Å². The molecule has 680 valence electrons. The molecule has 0 saturated carbocycles. The van der Waals surface area contributed by atoms with Crippen LogP contribution in [-0.4, -0.2) is 182 Å². The van der Waals surface area contributed by atoms with Gasteiger partial charge in [-0.15, -0.1) is 0 Å². The van der Waals surface area contributed by atoms with Gasteiger partial charge in [-0.3, -0.25) is 0 Å². The third-order valence-corrected chi connectivity index (χ3v) is 21.8. The molecule has 0 saturated heterocycles. The first-order valence-corrected chi connectivity index (χ1v) is 43.0. The van der Waals surface area contributed by atoms with Gasteiger partial charge in [0.25, 0.3) is 0 Å². The quantitative estimate of drug-likeness (QED) is 0.0355. The minimum Gasteiger partial charge on any atom is -0.368 e. The molecule has 3 unspecified atom stereocenters. The van der Waals surface area contributed by atoms with Crippen LogP contribution in [0.3, 0.4) is 0 Å². The average molecular weight is 1780 g/mol. The number of hydrogen-bond acceptors (Lipinski definition) is 32. The van der Waals surface area contributed by atoms with Gasteiger partial charge >= 0.3 is 0 Å². The second-order valence-corrected chi connectivity index (χ2v) is 40.1. The summed E-state index contributed by atoms with van der Waals surface area (Å²) in [6.07, 6.45) is 13.2. The lowest BCUT2D eigenvalue weighted by atomic mass is 9.80. The highest BCUT2D eigenvalue weighted by atomic mass is 35.5. The number of nitrogens with zero attached hydrogens (tertiary/aromatic N) is 21. The summed E-state index contributed by atoms with van der Waals surface area (Å²) in [5.41, 5.74) is 33.2. The van der Waals surface area contributed by atoms with Crippen LogP contribution in [0, 0.1) is 49.7 Å². The molecule has 22 N–H and O–H groups in total. The SMILES string of the molecule is CC(C)C(Nc1nc(N)nc2nc[nH]c12)C(C)(C)C.CC(C)[C@H](Nc1nc(Cl)nc2nc[nH]c12)C(C)(C)C.CC(Nc1nc(N)nc2nc[nH]c12)C(C)(C)C.CCC(Nc1nc(N)nc2nc[nH]c12)C(C)(C)C.CC[C@H](Nc1nc(Cl)nc2nc[nH]c12)C(C)(C)C.C[C@H](Nc1nc(Cl)nc2nc[nH]c12)C(C)(C)C.C[C@H](Nc1nc(N)nc2nc[nH]c12)C(C)(C)C. The predicted octanol–water partition coefficient (Wildman–Crippen LogP) is 17.7. The van der Waals surface area contributed by atoms with Crippen molar-refractivity contribution in [2.45, 2.75) is 263 Å². The third kappa shape index (κ3) is 27.3. The standard InChI is InChI=1S/C13H20ClN5.C13H22N6.C12H18ClN5.C12H20N6.C11H16ClN5.2C11H18N6/c2*1-7(2)9(13(3,4)5)17-11-8-10(16-6-15-8)18-12(14)19-11;2*1-5-7(12(2,3)4)16-10-8-9(15-6-14-8)17-11(13)18-10;3*1-6(11(2,3)4)15-9-7-8(14-5-13-7)16-10(12)17-9/h6-7,9H,1-5H3,(H2,15,16,17,18,19);6-7,9H,1-5H3,(H4,14,15,16,17,18,19);6-7H,5H2,1-4H3,(H2,14,15,16,17,18);6-7H,5H2,1-4H3,(H4,13,14,15,16,17,18);5-6H,1-4H3,(H2,13,14,15,16,17);2*5-6H,1-4H3,(H4,12,13,14,15,16,17)/t9-;;7-;;2*6-;/m0.0.00./s1. The maximum atomic E-state index is 5.94. The van der Waals surface area contributed by atoms with E-state index in [0.717, 1.165) is 57.3 Å².